The minimum Gasteiger partial charge on any atom is -0.388 e. The van der Waals surface area contributed by atoms with E-state index >= 15 is 0 Å². The van der Waals surface area contributed by atoms with E-state index in [-0.39, 0.29) is 18.7 Å². The van der Waals surface area contributed by atoms with E-state index in [9.17, 15) is 18.7 Å². The van der Waals surface area contributed by atoms with E-state index < -0.39 is 19.1 Å². The van der Waals surface area contributed by atoms with Crippen molar-refractivity contribution in [2.45, 2.75) is 19.0 Å². The van der Waals surface area contributed by atoms with Crippen LogP contribution in [0.4, 0.5) is 8.78 Å². The number of imidazole rings is 1. The predicted molar refractivity (Wildman–Crippen MR) is 74.6 cm³/mol. The summed E-state index contributed by atoms with van der Waals surface area (Å²) in [6.07, 6.45) is -3.10. The first-order valence-corrected chi connectivity index (χ1v) is 6.61. The zero-order valence-electron chi connectivity index (χ0n) is 11.9. The molecule has 0 fully saturated rings. The van der Waals surface area contributed by atoms with E-state index in [4.69, 9.17) is 4.74 Å². The van der Waals surface area contributed by atoms with E-state index in [0.717, 1.165) is 5.52 Å². The number of ether oxygens (including phenoxy) is 1. The van der Waals surface area contributed by atoms with Crippen LogP contribution in [-0.4, -0.2) is 33.9 Å². The van der Waals surface area contributed by atoms with Crippen molar-refractivity contribution in [1.82, 2.24) is 9.13 Å². The van der Waals surface area contributed by atoms with Crippen LogP contribution in [0.5, 0.6) is 0 Å². The third-order valence-electron chi connectivity index (χ3n) is 3.46. The van der Waals surface area contributed by atoms with Gasteiger partial charge in [0.2, 0.25) is 0 Å². The molecule has 0 radical (unpaired) electrons. The van der Waals surface area contributed by atoms with Crippen molar-refractivity contribution in [1.29, 1.82) is 0 Å². The van der Waals surface area contributed by atoms with Crippen molar-refractivity contribution < 1.29 is 18.6 Å². The Balaban J connectivity index is 2.12. The van der Waals surface area contributed by atoms with Crippen molar-refractivity contribution in [2.75, 3.05) is 13.2 Å². The number of aromatic nitrogens is 2. The van der Waals surface area contributed by atoms with E-state index in [1.54, 1.807) is 32.3 Å². The van der Waals surface area contributed by atoms with Gasteiger partial charge >= 0.3 is 5.69 Å². The highest BCUT2D eigenvalue weighted by Gasteiger charge is 2.13. The van der Waals surface area contributed by atoms with Gasteiger partial charge in [-0.1, -0.05) is 6.07 Å². The second-order valence-electron chi connectivity index (χ2n) is 4.92. The fraction of sp³-hybridized carbons (Fsp3) is 0.500. The van der Waals surface area contributed by atoms with Crippen LogP contribution in [-0.2, 0) is 18.8 Å². The first-order chi connectivity index (χ1) is 9.91. The summed E-state index contributed by atoms with van der Waals surface area (Å²) in [5.74, 6) is 0. The summed E-state index contributed by atoms with van der Waals surface area (Å²) >= 11 is 0. The average molecular weight is 300 g/mol. The number of benzene rings is 1. The van der Waals surface area contributed by atoms with Crippen molar-refractivity contribution >= 4 is 11.0 Å². The van der Waals surface area contributed by atoms with Gasteiger partial charge in [-0.2, -0.15) is 0 Å². The van der Waals surface area contributed by atoms with E-state index in [1.165, 1.54) is 9.13 Å². The van der Waals surface area contributed by atoms with Gasteiger partial charge in [0.05, 0.1) is 17.1 Å². The highest BCUT2D eigenvalue weighted by Crippen LogP contribution is 2.21. The lowest BCUT2D eigenvalue weighted by Crippen LogP contribution is -2.19. The number of aryl methyl sites for hydroxylation is 2. The molecular weight excluding hydrogens is 282 g/mol. The maximum atomic E-state index is 11.9. The Morgan fingerprint density at radius 3 is 2.57 bits per heavy atom. The Hall–Kier alpha value is -1.73. The van der Waals surface area contributed by atoms with Gasteiger partial charge in [-0.05, 0) is 17.7 Å². The Bertz CT molecular complexity index is 679. The first kappa shape index (κ1) is 15.7. The standard InChI is InChI=1S/C14H18F2N2O3/c1-17-10-4-3-9(7-11(10)18(2)14(17)20)12(19)5-6-21-8-13(15)16/h3-4,7,12-13,19H,5-6,8H2,1-2H3. The van der Waals surface area contributed by atoms with Crippen LogP contribution in [0, 0.1) is 0 Å². The number of halogens is 2. The molecule has 1 N–H and O–H groups in total. The molecule has 7 heteroatoms. The highest BCUT2D eigenvalue weighted by atomic mass is 19.3. The monoisotopic (exact) mass is 300 g/mol. The second kappa shape index (κ2) is 6.36. The molecule has 0 amide bonds. The maximum Gasteiger partial charge on any atom is 0.328 e. The van der Waals surface area contributed by atoms with Crippen LogP contribution in [0.2, 0.25) is 0 Å². The summed E-state index contributed by atoms with van der Waals surface area (Å²) in [4.78, 5) is 11.8. The molecule has 1 aromatic carbocycles. The van der Waals surface area contributed by atoms with Gasteiger partial charge in [0.1, 0.15) is 6.61 Å². The topological polar surface area (TPSA) is 56.4 Å². The lowest BCUT2D eigenvalue weighted by molar-refractivity contribution is 0.00482. The van der Waals surface area contributed by atoms with E-state index in [0.29, 0.717) is 11.1 Å². The minimum absolute atomic E-state index is 0.0528. The van der Waals surface area contributed by atoms with Crippen LogP contribution in [0.1, 0.15) is 18.1 Å². The molecule has 0 aliphatic heterocycles. The summed E-state index contributed by atoms with van der Waals surface area (Å²) in [5, 5.41) is 10.1. The van der Waals surface area contributed by atoms with Crippen molar-refractivity contribution in [3.05, 3.63) is 34.2 Å². The molecule has 1 unspecified atom stereocenters. The number of aliphatic hydroxyl groups excluding tert-OH is 1. The Labute approximate surface area is 120 Å². The summed E-state index contributed by atoms with van der Waals surface area (Å²) < 4.78 is 31.6. The van der Waals surface area contributed by atoms with Gasteiger partial charge in [-0.3, -0.25) is 9.13 Å². The number of fused-ring (bicyclic) bond motifs is 1. The number of nitrogens with zero attached hydrogens (tertiary/aromatic N) is 2. The van der Waals surface area contributed by atoms with Crippen molar-refractivity contribution in [2.24, 2.45) is 14.1 Å². The first-order valence-electron chi connectivity index (χ1n) is 6.61. The van der Waals surface area contributed by atoms with E-state index in [2.05, 4.69) is 0 Å². The average Bonchev–Trinajstić information content (AvgIpc) is 2.68. The molecule has 0 bridgehead atoms. The Kier molecular flexibility index (Phi) is 4.74. The zero-order chi connectivity index (χ0) is 15.6. The highest BCUT2D eigenvalue weighted by molar-refractivity contribution is 5.76. The maximum absolute atomic E-state index is 11.9. The summed E-state index contributed by atoms with van der Waals surface area (Å²) in [5.41, 5.74) is 1.97. The summed E-state index contributed by atoms with van der Waals surface area (Å²) in [6.45, 7) is -0.573. The molecular formula is C14H18F2N2O3. The number of hydrogen-bond acceptors (Lipinski definition) is 3. The molecule has 1 aromatic heterocycles. The fourth-order valence-electron chi connectivity index (χ4n) is 2.27. The Morgan fingerprint density at radius 1 is 1.24 bits per heavy atom. The molecule has 5 nitrogen and oxygen atoms in total. The summed E-state index contributed by atoms with van der Waals surface area (Å²) in [7, 11) is 3.34. The zero-order valence-corrected chi connectivity index (χ0v) is 11.9. The molecule has 0 saturated carbocycles. The van der Waals surface area contributed by atoms with Gasteiger partial charge in [0.15, 0.2) is 0 Å². The van der Waals surface area contributed by atoms with Crippen LogP contribution >= 0.6 is 0 Å². The molecule has 2 aromatic rings. The molecule has 0 saturated heterocycles. The number of hydrogen-bond donors (Lipinski definition) is 1. The van der Waals surface area contributed by atoms with Crippen LogP contribution in [0.25, 0.3) is 11.0 Å². The van der Waals surface area contributed by atoms with Crippen molar-refractivity contribution in [3.63, 3.8) is 0 Å². The van der Waals surface area contributed by atoms with Gasteiger partial charge in [0, 0.05) is 27.1 Å². The molecule has 0 aliphatic rings. The third-order valence-corrected chi connectivity index (χ3v) is 3.46. The van der Waals surface area contributed by atoms with Gasteiger partial charge < -0.3 is 9.84 Å². The smallest absolute Gasteiger partial charge is 0.328 e. The third kappa shape index (κ3) is 3.30. The quantitative estimate of drug-likeness (QED) is 0.824. The van der Waals surface area contributed by atoms with Crippen molar-refractivity contribution in [3.8, 4) is 0 Å². The second-order valence-corrected chi connectivity index (χ2v) is 4.92. The number of rotatable bonds is 6. The normalized spacial score (nSPS) is 13.2. The fourth-order valence-corrected chi connectivity index (χ4v) is 2.27. The van der Waals surface area contributed by atoms with Crippen LogP contribution < -0.4 is 5.69 Å². The lowest BCUT2D eigenvalue weighted by atomic mass is 10.1. The number of alkyl halides is 2. The van der Waals surface area contributed by atoms with Crippen LogP contribution in [0.3, 0.4) is 0 Å². The van der Waals surface area contributed by atoms with Gasteiger partial charge in [-0.25, -0.2) is 13.6 Å². The molecule has 2 rings (SSSR count). The number of aliphatic hydroxyl groups is 1. The van der Waals surface area contributed by atoms with Crippen LogP contribution in [0.15, 0.2) is 23.0 Å². The molecule has 0 aliphatic carbocycles. The molecule has 21 heavy (non-hydrogen) atoms. The molecule has 1 atom stereocenters. The largest absolute Gasteiger partial charge is 0.388 e. The molecule has 1 heterocycles. The minimum atomic E-state index is -2.50. The SMILES string of the molecule is Cn1c(=O)n(C)c2cc(C(O)CCOCC(F)F)ccc21. The Morgan fingerprint density at radius 2 is 1.90 bits per heavy atom. The van der Waals surface area contributed by atoms with E-state index in [1.807, 2.05) is 0 Å². The molecule has 116 valence electrons. The molecule has 0 spiro atoms. The lowest BCUT2D eigenvalue weighted by Gasteiger charge is -2.11. The van der Waals surface area contributed by atoms with Gasteiger partial charge in [-0.15, -0.1) is 0 Å². The predicted octanol–water partition coefficient (Wildman–Crippen LogP) is 1.58. The van der Waals surface area contributed by atoms with Gasteiger partial charge in [0.25, 0.3) is 6.43 Å². The summed E-state index contributed by atoms with van der Waals surface area (Å²) in [6, 6.07) is 5.21.